The van der Waals surface area contributed by atoms with E-state index >= 15 is 0 Å². The molecule has 0 aromatic heterocycles. The zero-order valence-corrected chi connectivity index (χ0v) is 19.2. The fourth-order valence-corrected chi connectivity index (χ4v) is 3.31. The zero-order valence-electron chi connectivity index (χ0n) is 19.2. The molecule has 0 radical (unpaired) electrons. The number of amides is 2. The van der Waals surface area contributed by atoms with Crippen LogP contribution in [0.2, 0.25) is 0 Å². The maximum atomic E-state index is 12.2. The topological polar surface area (TPSA) is 117 Å². The predicted octanol–water partition coefficient (Wildman–Crippen LogP) is 3.12. The smallest absolute Gasteiger partial charge is 0.407 e. The van der Waals surface area contributed by atoms with Gasteiger partial charge in [-0.1, -0.05) is 0 Å². The van der Waals surface area contributed by atoms with Gasteiger partial charge in [0.1, 0.15) is 17.2 Å². The molecule has 9 nitrogen and oxygen atoms in total. The van der Waals surface area contributed by atoms with Gasteiger partial charge in [-0.2, -0.15) is 0 Å². The van der Waals surface area contributed by atoms with E-state index in [1.807, 2.05) is 25.7 Å². The predicted molar refractivity (Wildman–Crippen MR) is 113 cm³/mol. The average molecular weight is 430 g/mol. The first-order chi connectivity index (χ1) is 13.8. The van der Waals surface area contributed by atoms with E-state index in [0.717, 1.165) is 12.8 Å². The summed E-state index contributed by atoms with van der Waals surface area (Å²) in [6.45, 7) is 12.4. The minimum Gasteiger partial charge on any atom is -0.480 e. The van der Waals surface area contributed by atoms with Gasteiger partial charge in [0.25, 0.3) is 0 Å². The number of likely N-dealkylation sites (tertiary alicyclic amines) is 1. The molecule has 2 amide bonds. The first kappa shape index (κ1) is 26.0. The lowest BCUT2D eigenvalue weighted by molar-refractivity contribution is -0.142. The van der Waals surface area contributed by atoms with Crippen LogP contribution in [-0.4, -0.2) is 71.1 Å². The summed E-state index contributed by atoms with van der Waals surface area (Å²) in [4.78, 5) is 37.3. The molecule has 1 aliphatic heterocycles. The van der Waals surface area contributed by atoms with Gasteiger partial charge in [-0.3, -0.25) is 9.69 Å². The van der Waals surface area contributed by atoms with Crippen LogP contribution in [0.15, 0.2) is 0 Å². The van der Waals surface area contributed by atoms with Gasteiger partial charge in [0.2, 0.25) is 0 Å². The molecule has 1 fully saturated rings. The number of nitrogens with one attached hydrogen (secondary N) is 2. The number of carbonyl (C=O) groups is 3. The van der Waals surface area contributed by atoms with Gasteiger partial charge in [-0.25, -0.2) is 9.59 Å². The SMILES string of the molecule is CC(C)(C)OC(=O)NCCCC[C@H](CN1CCC[C@H]1C(=O)O)NC(=O)OC(C)(C)C. The van der Waals surface area contributed by atoms with Crippen molar-refractivity contribution in [2.45, 2.75) is 96.9 Å². The average Bonchev–Trinajstić information content (AvgIpc) is 2.99. The normalized spacial score (nSPS) is 18.5. The van der Waals surface area contributed by atoms with Crippen molar-refractivity contribution >= 4 is 18.2 Å². The number of hydrogen-bond acceptors (Lipinski definition) is 6. The van der Waals surface area contributed by atoms with Crippen LogP contribution in [0.5, 0.6) is 0 Å². The lowest BCUT2D eigenvalue weighted by atomic mass is 10.1. The van der Waals surface area contributed by atoms with Gasteiger partial charge in [0.05, 0.1) is 0 Å². The first-order valence-electron chi connectivity index (χ1n) is 10.7. The molecule has 1 rings (SSSR count). The molecule has 174 valence electrons. The van der Waals surface area contributed by atoms with Gasteiger partial charge in [-0.05, 0) is 80.2 Å². The highest BCUT2D eigenvalue weighted by molar-refractivity contribution is 5.73. The summed E-state index contributed by atoms with van der Waals surface area (Å²) in [5.41, 5.74) is -1.15. The van der Waals surface area contributed by atoms with E-state index < -0.39 is 35.4 Å². The quantitative estimate of drug-likeness (QED) is 0.482. The van der Waals surface area contributed by atoms with Crippen molar-refractivity contribution in [2.75, 3.05) is 19.6 Å². The number of aliphatic carboxylic acids is 1. The fraction of sp³-hybridized carbons (Fsp3) is 0.857. The molecule has 2 atom stereocenters. The number of unbranched alkanes of at least 4 members (excludes halogenated alkanes) is 1. The zero-order chi connectivity index (χ0) is 22.9. The Morgan fingerprint density at radius 1 is 1.03 bits per heavy atom. The van der Waals surface area contributed by atoms with Crippen molar-refractivity contribution in [3.63, 3.8) is 0 Å². The van der Waals surface area contributed by atoms with Crippen LogP contribution in [0.3, 0.4) is 0 Å². The summed E-state index contributed by atoms with van der Waals surface area (Å²) in [6, 6.07) is -0.747. The lowest BCUT2D eigenvalue weighted by Gasteiger charge is -2.29. The highest BCUT2D eigenvalue weighted by atomic mass is 16.6. The molecular weight excluding hydrogens is 390 g/mol. The second kappa shape index (κ2) is 11.4. The van der Waals surface area contributed by atoms with Crippen molar-refractivity contribution in [2.24, 2.45) is 0 Å². The van der Waals surface area contributed by atoms with Crippen molar-refractivity contribution in [1.82, 2.24) is 15.5 Å². The maximum Gasteiger partial charge on any atom is 0.407 e. The molecule has 9 heteroatoms. The fourth-order valence-electron chi connectivity index (χ4n) is 3.31. The third kappa shape index (κ3) is 11.2. The Morgan fingerprint density at radius 2 is 1.63 bits per heavy atom. The van der Waals surface area contributed by atoms with E-state index in [9.17, 15) is 19.5 Å². The molecule has 0 unspecified atom stereocenters. The van der Waals surface area contributed by atoms with E-state index in [1.165, 1.54) is 0 Å². The van der Waals surface area contributed by atoms with Crippen molar-refractivity contribution < 1.29 is 29.0 Å². The Bertz CT molecular complexity index is 582. The van der Waals surface area contributed by atoms with Crippen LogP contribution in [-0.2, 0) is 14.3 Å². The summed E-state index contributed by atoms with van der Waals surface area (Å²) in [5.74, 6) is -0.829. The lowest BCUT2D eigenvalue weighted by Crippen LogP contribution is -2.48. The molecule has 0 aliphatic carbocycles. The second-order valence-electron chi connectivity index (χ2n) is 9.76. The Kier molecular flexibility index (Phi) is 9.87. The highest BCUT2D eigenvalue weighted by Gasteiger charge is 2.32. The first-order valence-corrected chi connectivity index (χ1v) is 10.7. The van der Waals surface area contributed by atoms with Gasteiger partial charge in [-0.15, -0.1) is 0 Å². The van der Waals surface area contributed by atoms with Crippen LogP contribution in [0, 0.1) is 0 Å². The molecule has 3 N–H and O–H groups in total. The van der Waals surface area contributed by atoms with Crippen LogP contribution in [0.25, 0.3) is 0 Å². The van der Waals surface area contributed by atoms with E-state index in [2.05, 4.69) is 10.6 Å². The van der Waals surface area contributed by atoms with Crippen LogP contribution >= 0.6 is 0 Å². The second-order valence-corrected chi connectivity index (χ2v) is 9.76. The summed E-state index contributed by atoms with van der Waals surface area (Å²) in [5, 5.41) is 15.0. The number of carboxylic acids is 1. The van der Waals surface area contributed by atoms with Gasteiger partial charge < -0.3 is 25.2 Å². The van der Waals surface area contributed by atoms with Crippen LogP contribution in [0.4, 0.5) is 9.59 Å². The third-order valence-corrected chi connectivity index (χ3v) is 4.47. The van der Waals surface area contributed by atoms with Crippen LogP contribution < -0.4 is 10.6 Å². The minimum atomic E-state index is -0.829. The Hall–Kier alpha value is -2.03. The minimum absolute atomic E-state index is 0.235. The van der Waals surface area contributed by atoms with Crippen molar-refractivity contribution in [3.05, 3.63) is 0 Å². The molecule has 0 aromatic carbocycles. The number of carbonyl (C=O) groups excluding carboxylic acids is 2. The Labute approximate surface area is 179 Å². The largest absolute Gasteiger partial charge is 0.480 e. The molecule has 1 saturated heterocycles. The van der Waals surface area contributed by atoms with Crippen LogP contribution in [0.1, 0.15) is 73.6 Å². The van der Waals surface area contributed by atoms with E-state index in [0.29, 0.717) is 38.9 Å². The molecule has 30 heavy (non-hydrogen) atoms. The Morgan fingerprint density at radius 3 is 2.20 bits per heavy atom. The standard InChI is InChI=1S/C21H39N3O6/c1-20(2,3)29-18(27)22-12-8-7-10-15(23-19(28)30-21(4,5)6)14-24-13-9-11-16(24)17(25)26/h15-16H,7-14H2,1-6H3,(H,22,27)(H,23,28)(H,25,26)/t15-,16+/m1/s1. The van der Waals surface area contributed by atoms with Gasteiger partial charge >= 0.3 is 18.2 Å². The monoisotopic (exact) mass is 429 g/mol. The number of rotatable bonds is 9. The summed E-state index contributed by atoms with van der Waals surface area (Å²) in [6.07, 6.45) is 2.61. The van der Waals surface area contributed by atoms with Crippen molar-refractivity contribution in [1.29, 1.82) is 0 Å². The van der Waals surface area contributed by atoms with E-state index in [-0.39, 0.29) is 6.04 Å². The molecule has 0 bridgehead atoms. The molecular formula is C21H39N3O6. The molecule has 0 aromatic rings. The molecule has 1 aliphatic rings. The van der Waals surface area contributed by atoms with E-state index in [4.69, 9.17) is 9.47 Å². The number of hydrogen-bond donors (Lipinski definition) is 3. The number of alkyl carbamates (subject to hydrolysis) is 2. The van der Waals surface area contributed by atoms with E-state index in [1.54, 1.807) is 20.8 Å². The van der Waals surface area contributed by atoms with Gasteiger partial charge in [0.15, 0.2) is 0 Å². The number of carboxylic acid groups (broad SMARTS) is 1. The maximum absolute atomic E-state index is 12.2. The summed E-state index contributed by atoms with van der Waals surface area (Å²) in [7, 11) is 0. The molecule has 1 heterocycles. The summed E-state index contributed by atoms with van der Waals surface area (Å²) < 4.78 is 10.6. The highest BCUT2D eigenvalue weighted by Crippen LogP contribution is 2.19. The Balaban J connectivity index is 2.53. The number of ether oxygens (including phenoxy) is 2. The third-order valence-electron chi connectivity index (χ3n) is 4.47. The molecule has 0 saturated carbocycles. The van der Waals surface area contributed by atoms with Gasteiger partial charge in [0, 0.05) is 19.1 Å². The summed E-state index contributed by atoms with van der Waals surface area (Å²) >= 11 is 0. The number of nitrogens with zero attached hydrogens (tertiary/aromatic N) is 1. The van der Waals surface area contributed by atoms with Crippen molar-refractivity contribution in [3.8, 4) is 0 Å². The molecule has 0 spiro atoms.